The van der Waals surface area contributed by atoms with Gasteiger partial charge in [0.2, 0.25) is 5.91 Å². The summed E-state index contributed by atoms with van der Waals surface area (Å²) in [6, 6.07) is -0.637. The van der Waals surface area contributed by atoms with Crippen LogP contribution in [0.5, 0.6) is 0 Å². The lowest BCUT2D eigenvalue weighted by atomic mass is 10.1. The number of carbonyl (C=O) groups is 2. The summed E-state index contributed by atoms with van der Waals surface area (Å²) < 4.78 is 4.58. The summed E-state index contributed by atoms with van der Waals surface area (Å²) in [5.41, 5.74) is 0. The van der Waals surface area contributed by atoms with Crippen molar-refractivity contribution in [3.63, 3.8) is 0 Å². The van der Waals surface area contributed by atoms with Gasteiger partial charge in [-0.05, 0) is 6.42 Å². The molecule has 0 aliphatic carbocycles. The Morgan fingerprint density at radius 3 is 2.50 bits per heavy atom. The SMILES string of the molecule is CCCCCC[C@H](NC(=O)CO)C(=O)OC. The van der Waals surface area contributed by atoms with Crippen LogP contribution in [0.25, 0.3) is 0 Å². The predicted molar refractivity (Wildman–Crippen MR) is 59.8 cm³/mol. The summed E-state index contributed by atoms with van der Waals surface area (Å²) in [6.07, 6.45) is 4.67. The summed E-state index contributed by atoms with van der Waals surface area (Å²) in [7, 11) is 1.28. The van der Waals surface area contributed by atoms with Gasteiger partial charge in [0.15, 0.2) is 0 Å². The van der Waals surface area contributed by atoms with E-state index in [1.165, 1.54) is 7.11 Å². The number of carbonyl (C=O) groups excluding carboxylic acids is 2. The van der Waals surface area contributed by atoms with Crippen LogP contribution in [0.15, 0.2) is 0 Å². The Bertz CT molecular complexity index is 218. The number of hydrogen-bond acceptors (Lipinski definition) is 4. The smallest absolute Gasteiger partial charge is 0.328 e. The Kier molecular flexibility index (Phi) is 8.52. The lowest BCUT2D eigenvalue weighted by molar-refractivity contribution is -0.145. The van der Waals surface area contributed by atoms with Crippen molar-refractivity contribution >= 4 is 11.9 Å². The molecule has 0 aliphatic heterocycles. The molecule has 0 aromatic carbocycles. The van der Waals surface area contributed by atoms with Gasteiger partial charge in [-0.2, -0.15) is 0 Å². The van der Waals surface area contributed by atoms with Crippen molar-refractivity contribution in [2.24, 2.45) is 0 Å². The standard InChI is InChI=1S/C11H21NO4/c1-3-4-5-6-7-9(11(15)16-2)12-10(14)8-13/h9,13H,3-8H2,1-2H3,(H,12,14)/t9-/m0/s1. The van der Waals surface area contributed by atoms with E-state index in [0.29, 0.717) is 6.42 Å². The normalized spacial score (nSPS) is 11.9. The molecular formula is C11H21NO4. The zero-order valence-corrected chi connectivity index (χ0v) is 9.99. The van der Waals surface area contributed by atoms with Crippen LogP contribution in [-0.2, 0) is 14.3 Å². The Hall–Kier alpha value is -1.10. The Morgan fingerprint density at radius 2 is 2.00 bits per heavy atom. The van der Waals surface area contributed by atoms with Crippen LogP contribution < -0.4 is 5.32 Å². The molecule has 1 amide bonds. The minimum atomic E-state index is -0.637. The number of aliphatic hydroxyl groups is 1. The summed E-state index contributed by atoms with van der Waals surface area (Å²) in [5.74, 6) is -1.01. The first-order valence-corrected chi connectivity index (χ1v) is 5.63. The van der Waals surface area contributed by atoms with E-state index >= 15 is 0 Å². The van der Waals surface area contributed by atoms with Crippen LogP contribution >= 0.6 is 0 Å². The molecular weight excluding hydrogens is 210 g/mol. The highest BCUT2D eigenvalue weighted by Gasteiger charge is 2.20. The second kappa shape index (κ2) is 9.15. The third-order valence-corrected chi connectivity index (χ3v) is 2.31. The maximum Gasteiger partial charge on any atom is 0.328 e. The van der Waals surface area contributed by atoms with E-state index in [1.54, 1.807) is 0 Å². The van der Waals surface area contributed by atoms with Gasteiger partial charge in [0.25, 0.3) is 0 Å². The summed E-state index contributed by atoms with van der Waals surface area (Å²) in [4.78, 5) is 22.3. The Morgan fingerprint density at radius 1 is 1.31 bits per heavy atom. The Labute approximate surface area is 96.2 Å². The van der Waals surface area contributed by atoms with Gasteiger partial charge in [-0.15, -0.1) is 0 Å². The van der Waals surface area contributed by atoms with Gasteiger partial charge < -0.3 is 15.2 Å². The van der Waals surface area contributed by atoms with Crippen LogP contribution in [-0.4, -0.2) is 36.7 Å². The average Bonchev–Trinajstić information content (AvgIpc) is 2.31. The van der Waals surface area contributed by atoms with E-state index < -0.39 is 24.5 Å². The van der Waals surface area contributed by atoms with Crippen LogP contribution in [0.4, 0.5) is 0 Å². The third kappa shape index (κ3) is 6.40. The number of esters is 1. The minimum absolute atomic E-state index is 0.460. The molecule has 16 heavy (non-hydrogen) atoms. The number of amides is 1. The van der Waals surface area contributed by atoms with E-state index in [4.69, 9.17) is 5.11 Å². The quantitative estimate of drug-likeness (QED) is 0.474. The van der Waals surface area contributed by atoms with Gasteiger partial charge >= 0.3 is 5.97 Å². The molecule has 0 saturated heterocycles. The lowest BCUT2D eigenvalue weighted by Crippen LogP contribution is -2.42. The summed E-state index contributed by atoms with van der Waals surface area (Å²) >= 11 is 0. The molecule has 5 heteroatoms. The van der Waals surface area contributed by atoms with Crippen molar-refractivity contribution in [3.8, 4) is 0 Å². The van der Waals surface area contributed by atoms with E-state index in [-0.39, 0.29) is 0 Å². The van der Waals surface area contributed by atoms with Gasteiger partial charge in [-0.1, -0.05) is 32.6 Å². The second-order valence-electron chi connectivity index (χ2n) is 3.65. The fraction of sp³-hybridized carbons (Fsp3) is 0.818. The molecule has 0 rings (SSSR count). The molecule has 0 unspecified atom stereocenters. The molecule has 0 aliphatic rings. The lowest BCUT2D eigenvalue weighted by Gasteiger charge is -2.15. The number of ether oxygens (including phenoxy) is 1. The third-order valence-electron chi connectivity index (χ3n) is 2.31. The predicted octanol–water partition coefficient (Wildman–Crippen LogP) is 0.607. The van der Waals surface area contributed by atoms with E-state index in [0.717, 1.165) is 25.7 Å². The van der Waals surface area contributed by atoms with Crippen LogP contribution in [0.1, 0.15) is 39.0 Å². The highest BCUT2D eigenvalue weighted by Crippen LogP contribution is 2.06. The zero-order chi connectivity index (χ0) is 12.4. The van der Waals surface area contributed by atoms with E-state index in [2.05, 4.69) is 17.0 Å². The van der Waals surface area contributed by atoms with Crippen molar-refractivity contribution in [1.82, 2.24) is 5.32 Å². The highest BCUT2D eigenvalue weighted by molar-refractivity contribution is 5.84. The van der Waals surface area contributed by atoms with Gasteiger partial charge in [0.1, 0.15) is 12.6 Å². The summed E-state index contributed by atoms with van der Waals surface area (Å²) in [6.45, 7) is 1.49. The first kappa shape index (κ1) is 14.9. The molecule has 94 valence electrons. The number of rotatable bonds is 8. The molecule has 5 nitrogen and oxygen atoms in total. The first-order chi connectivity index (χ1) is 7.65. The molecule has 0 saturated carbocycles. The molecule has 1 atom stereocenters. The van der Waals surface area contributed by atoms with Crippen molar-refractivity contribution in [2.75, 3.05) is 13.7 Å². The number of unbranched alkanes of at least 4 members (excludes halogenated alkanes) is 3. The van der Waals surface area contributed by atoms with Gasteiger partial charge in [0.05, 0.1) is 7.11 Å². The van der Waals surface area contributed by atoms with Crippen molar-refractivity contribution in [3.05, 3.63) is 0 Å². The van der Waals surface area contributed by atoms with Gasteiger partial charge in [-0.3, -0.25) is 4.79 Å². The fourth-order valence-electron chi connectivity index (χ4n) is 1.41. The van der Waals surface area contributed by atoms with Gasteiger partial charge in [-0.25, -0.2) is 4.79 Å². The topological polar surface area (TPSA) is 75.6 Å². The molecule has 0 fully saturated rings. The molecule has 2 N–H and O–H groups in total. The van der Waals surface area contributed by atoms with Crippen LogP contribution in [0.3, 0.4) is 0 Å². The summed E-state index contributed by atoms with van der Waals surface area (Å²) in [5, 5.41) is 11.0. The van der Waals surface area contributed by atoms with Crippen molar-refractivity contribution in [2.45, 2.75) is 45.1 Å². The van der Waals surface area contributed by atoms with Gasteiger partial charge in [0, 0.05) is 0 Å². The molecule has 0 radical (unpaired) electrons. The molecule has 0 aromatic heterocycles. The number of aliphatic hydroxyl groups excluding tert-OH is 1. The molecule has 0 aromatic rings. The maximum absolute atomic E-state index is 11.3. The van der Waals surface area contributed by atoms with Crippen LogP contribution in [0, 0.1) is 0 Å². The fourth-order valence-corrected chi connectivity index (χ4v) is 1.41. The maximum atomic E-state index is 11.3. The second-order valence-corrected chi connectivity index (χ2v) is 3.65. The first-order valence-electron chi connectivity index (χ1n) is 5.63. The Balaban J connectivity index is 4.00. The monoisotopic (exact) mass is 231 g/mol. The van der Waals surface area contributed by atoms with E-state index in [9.17, 15) is 9.59 Å². The zero-order valence-electron chi connectivity index (χ0n) is 9.99. The molecule has 0 heterocycles. The highest BCUT2D eigenvalue weighted by atomic mass is 16.5. The van der Waals surface area contributed by atoms with Crippen molar-refractivity contribution < 1.29 is 19.4 Å². The van der Waals surface area contributed by atoms with E-state index in [1.807, 2.05) is 0 Å². The molecule has 0 bridgehead atoms. The minimum Gasteiger partial charge on any atom is -0.467 e. The average molecular weight is 231 g/mol. The van der Waals surface area contributed by atoms with Crippen LogP contribution in [0.2, 0.25) is 0 Å². The molecule has 0 spiro atoms. The largest absolute Gasteiger partial charge is 0.467 e. The number of methoxy groups -OCH3 is 1. The number of hydrogen-bond donors (Lipinski definition) is 2. The number of nitrogens with one attached hydrogen (secondary N) is 1. The van der Waals surface area contributed by atoms with Crippen molar-refractivity contribution in [1.29, 1.82) is 0 Å².